The SMILES string of the molecule is CC(=O)c1c(O)ccc2c1ccc1ccccc12. The monoisotopic (exact) mass is 236 g/mol. The van der Waals surface area contributed by atoms with Crippen LogP contribution < -0.4 is 0 Å². The molecular formula is C16H12O2. The van der Waals surface area contributed by atoms with Gasteiger partial charge in [0.25, 0.3) is 0 Å². The maximum Gasteiger partial charge on any atom is 0.164 e. The van der Waals surface area contributed by atoms with Crippen LogP contribution in [0.1, 0.15) is 17.3 Å². The van der Waals surface area contributed by atoms with Gasteiger partial charge in [-0.05, 0) is 34.5 Å². The maximum atomic E-state index is 11.7. The average molecular weight is 236 g/mol. The minimum Gasteiger partial charge on any atom is -0.507 e. The van der Waals surface area contributed by atoms with Gasteiger partial charge in [-0.3, -0.25) is 4.79 Å². The highest BCUT2D eigenvalue weighted by atomic mass is 16.3. The first-order valence-electron chi connectivity index (χ1n) is 5.83. The molecular weight excluding hydrogens is 224 g/mol. The van der Waals surface area contributed by atoms with E-state index < -0.39 is 0 Å². The Labute approximate surface area is 104 Å². The normalized spacial score (nSPS) is 10.9. The van der Waals surface area contributed by atoms with E-state index in [-0.39, 0.29) is 11.5 Å². The van der Waals surface area contributed by atoms with Crippen molar-refractivity contribution in [2.75, 3.05) is 0 Å². The number of phenols is 1. The number of hydrogen-bond acceptors (Lipinski definition) is 2. The number of carbonyl (C=O) groups is 1. The summed E-state index contributed by atoms with van der Waals surface area (Å²) in [4.78, 5) is 11.7. The summed E-state index contributed by atoms with van der Waals surface area (Å²) in [5.74, 6) is -0.0707. The Hall–Kier alpha value is -2.35. The largest absolute Gasteiger partial charge is 0.507 e. The maximum absolute atomic E-state index is 11.7. The van der Waals surface area contributed by atoms with Gasteiger partial charge in [-0.15, -0.1) is 0 Å². The van der Waals surface area contributed by atoms with Crippen LogP contribution in [-0.2, 0) is 0 Å². The van der Waals surface area contributed by atoms with Gasteiger partial charge in [-0.1, -0.05) is 42.5 Å². The number of fused-ring (bicyclic) bond motifs is 3. The van der Waals surface area contributed by atoms with Crippen LogP contribution in [0.25, 0.3) is 21.5 Å². The molecule has 0 amide bonds. The zero-order chi connectivity index (χ0) is 12.7. The zero-order valence-corrected chi connectivity index (χ0v) is 9.97. The molecule has 0 aromatic heterocycles. The van der Waals surface area contributed by atoms with Crippen LogP contribution in [-0.4, -0.2) is 10.9 Å². The molecule has 0 saturated carbocycles. The van der Waals surface area contributed by atoms with Crippen LogP contribution in [0.3, 0.4) is 0 Å². The summed E-state index contributed by atoms with van der Waals surface area (Å²) in [6.07, 6.45) is 0. The molecule has 3 aromatic carbocycles. The van der Waals surface area contributed by atoms with Crippen molar-refractivity contribution in [2.24, 2.45) is 0 Å². The van der Waals surface area contributed by atoms with E-state index in [1.54, 1.807) is 6.07 Å². The van der Waals surface area contributed by atoms with E-state index in [9.17, 15) is 9.90 Å². The fraction of sp³-hybridized carbons (Fsp3) is 0.0625. The highest BCUT2D eigenvalue weighted by molar-refractivity contribution is 6.16. The van der Waals surface area contributed by atoms with E-state index in [4.69, 9.17) is 0 Å². The van der Waals surface area contributed by atoms with E-state index in [1.165, 1.54) is 6.92 Å². The predicted octanol–water partition coefficient (Wildman–Crippen LogP) is 3.90. The first-order valence-corrected chi connectivity index (χ1v) is 5.83. The van der Waals surface area contributed by atoms with Crippen molar-refractivity contribution in [3.63, 3.8) is 0 Å². The van der Waals surface area contributed by atoms with Gasteiger partial charge in [0.2, 0.25) is 0 Å². The van der Waals surface area contributed by atoms with E-state index in [0.717, 1.165) is 21.5 Å². The van der Waals surface area contributed by atoms with Crippen LogP contribution >= 0.6 is 0 Å². The molecule has 0 aliphatic carbocycles. The third kappa shape index (κ3) is 1.46. The lowest BCUT2D eigenvalue weighted by Crippen LogP contribution is -1.94. The van der Waals surface area contributed by atoms with Gasteiger partial charge in [0.1, 0.15) is 5.75 Å². The molecule has 0 heterocycles. The Balaban J connectivity index is 2.55. The highest BCUT2D eigenvalue weighted by Crippen LogP contribution is 2.32. The van der Waals surface area contributed by atoms with Gasteiger partial charge >= 0.3 is 0 Å². The van der Waals surface area contributed by atoms with Gasteiger partial charge < -0.3 is 5.11 Å². The van der Waals surface area contributed by atoms with Crippen LogP contribution in [0.5, 0.6) is 5.75 Å². The molecule has 0 radical (unpaired) electrons. The molecule has 2 heteroatoms. The Morgan fingerprint density at radius 3 is 2.39 bits per heavy atom. The van der Waals surface area contributed by atoms with Crippen LogP contribution in [0.15, 0.2) is 48.5 Å². The van der Waals surface area contributed by atoms with Crippen molar-refractivity contribution in [3.8, 4) is 5.75 Å². The molecule has 0 aliphatic heterocycles. The highest BCUT2D eigenvalue weighted by Gasteiger charge is 2.12. The Bertz CT molecular complexity index is 772. The van der Waals surface area contributed by atoms with Gasteiger partial charge in [0.15, 0.2) is 5.78 Å². The topological polar surface area (TPSA) is 37.3 Å². The van der Waals surface area contributed by atoms with Gasteiger partial charge in [-0.25, -0.2) is 0 Å². The molecule has 0 bridgehead atoms. The number of rotatable bonds is 1. The number of carbonyl (C=O) groups excluding carboxylic acids is 1. The summed E-state index contributed by atoms with van der Waals surface area (Å²) in [6, 6.07) is 15.3. The van der Waals surface area contributed by atoms with Crippen molar-refractivity contribution in [1.29, 1.82) is 0 Å². The summed E-state index contributed by atoms with van der Waals surface area (Å²) in [5.41, 5.74) is 0.401. The second-order valence-corrected chi connectivity index (χ2v) is 4.40. The third-order valence-corrected chi connectivity index (χ3v) is 3.26. The van der Waals surface area contributed by atoms with Crippen molar-refractivity contribution >= 4 is 27.3 Å². The molecule has 2 nitrogen and oxygen atoms in total. The summed E-state index contributed by atoms with van der Waals surface area (Å²) >= 11 is 0. The molecule has 0 saturated heterocycles. The second kappa shape index (κ2) is 3.84. The minimum atomic E-state index is -0.117. The molecule has 18 heavy (non-hydrogen) atoms. The molecule has 0 fully saturated rings. The van der Waals surface area contributed by atoms with Crippen LogP contribution in [0.4, 0.5) is 0 Å². The van der Waals surface area contributed by atoms with E-state index in [2.05, 4.69) is 0 Å². The first kappa shape index (κ1) is 10.8. The van der Waals surface area contributed by atoms with Crippen molar-refractivity contribution in [1.82, 2.24) is 0 Å². The van der Waals surface area contributed by atoms with Crippen molar-refractivity contribution in [3.05, 3.63) is 54.1 Å². The molecule has 1 N–H and O–H groups in total. The molecule has 88 valence electrons. The average Bonchev–Trinajstić information content (AvgIpc) is 2.37. The fourth-order valence-electron chi connectivity index (χ4n) is 2.45. The zero-order valence-electron chi connectivity index (χ0n) is 9.97. The number of ketones is 1. The summed E-state index contributed by atoms with van der Waals surface area (Å²) < 4.78 is 0. The van der Waals surface area contributed by atoms with Gasteiger partial charge in [0, 0.05) is 0 Å². The lowest BCUT2D eigenvalue weighted by atomic mass is 9.96. The number of hydrogen-bond donors (Lipinski definition) is 1. The molecule has 3 rings (SSSR count). The van der Waals surface area contributed by atoms with Crippen LogP contribution in [0.2, 0.25) is 0 Å². The Kier molecular flexibility index (Phi) is 2.30. The Morgan fingerprint density at radius 2 is 1.61 bits per heavy atom. The standard InChI is InChI=1S/C16H12O2/c1-10(17)16-14-7-6-11-4-2-3-5-12(11)13(14)8-9-15(16)18/h2-9,18H,1H3. The minimum absolute atomic E-state index is 0.0466. The van der Waals surface area contributed by atoms with E-state index >= 15 is 0 Å². The lowest BCUT2D eigenvalue weighted by Gasteiger charge is -2.08. The second-order valence-electron chi connectivity index (χ2n) is 4.40. The number of phenolic OH excluding ortho intramolecular Hbond substituents is 1. The summed E-state index contributed by atoms with van der Waals surface area (Å²) in [7, 11) is 0. The fourth-order valence-corrected chi connectivity index (χ4v) is 2.45. The summed E-state index contributed by atoms with van der Waals surface area (Å²) in [6.45, 7) is 1.48. The molecule has 0 atom stereocenters. The smallest absolute Gasteiger partial charge is 0.164 e. The lowest BCUT2D eigenvalue weighted by molar-refractivity contribution is 0.101. The first-order chi connectivity index (χ1) is 8.68. The number of aromatic hydroxyl groups is 1. The quantitative estimate of drug-likeness (QED) is 0.514. The molecule has 0 aliphatic rings. The molecule has 0 unspecified atom stereocenters. The predicted molar refractivity (Wildman–Crippen MR) is 73.1 cm³/mol. The van der Waals surface area contributed by atoms with E-state index in [1.807, 2.05) is 42.5 Å². The number of benzene rings is 3. The van der Waals surface area contributed by atoms with Crippen molar-refractivity contribution < 1.29 is 9.90 Å². The van der Waals surface area contributed by atoms with Crippen molar-refractivity contribution in [2.45, 2.75) is 6.92 Å². The molecule has 3 aromatic rings. The van der Waals surface area contributed by atoms with Gasteiger partial charge in [0.05, 0.1) is 5.56 Å². The van der Waals surface area contributed by atoms with Crippen LogP contribution in [0, 0.1) is 0 Å². The molecule has 0 spiro atoms. The summed E-state index contributed by atoms with van der Waals surface area (Å²) in [5, 5.41) is 13.9. The van der Waals surface area contributed by atoms with Gasteiger partial charge in [-0.2, -0.15) is 0 Å². The Morgan fingerprint density at radius 1 is 0.889 bits per heavy atom. The van der Waals surface area contributed by atoms with E-state index in [0.29, 0.717) is 5.56 Å². The number of Topliss-reactive ketones (excluding diaryl/α,β-unsaturated/α-hetero) is 1. The third-order valence-electron chi connectivity index (χ3n) is 3.26.